The van der Waals surface area contributed by atoms with Crippen LogP contribution in [0.15, 0.2) is 45.6 Å². The van der Waals surface area contributed by atoms with Crippen LogP contribution in [0.2, 0.25) is 0 Å². The largest absolute Gasteiger partial charge is 0.458 e. The highest BCUT2D eigenvalue weighted by atomic mass is 16.6. The van der Waals surface area contributed by atoms with Gasteiger partial charge in [-0.3, -0.25) is 9.59 Å². The number of hydrogen-bond acceptors (Lipinski definition) is 12. The molecule has 2 saturated carbocycles. The highest BCUT2D eigenvalue weighted by Gasteiger charge is 2.84. The first-order valence-electron chi connectivity index (χ1n) is 14.0. The third-order valence-corrected chi connectivity index (χ3v) is 9.14. The molecule has 228 valence electrons. The smallest absolute Gasteiger partial charge is 0.374 e. The second-order valence-corrected chi connectivity index (χ2v) is 12.1. The van der Waals surface area contributed by atoms with Crippen LogP contribution in [0.3, 0.4) is 0 Å². The Balaban J connectivity index is 1.70. The van der Waals surface area contributed by atoms with Crippen LogP contribution in [0.4, 0.5) is 0 Å². The van der Waals surface area contributed by atoms with E-state index in [1.165, 1.54) is 44.6 Å². The number of carbonyl (C=O) groups is 4. The van der Waals surface area contributed by atoms with Crippen LogP contribution in [0, 0.1) is 11.3 Å². The van der Waals surface area contributed by atoms with Gasteiger partial charge in [-0.1, -0.05) is 6.92 Å². The summed E-state index contributed by atoms with van der Waals surface area (Å²) >= 11 is 0. The van der Waals surface area contributed by atoms with Gasteiger partial charge in [0.2, 0.25) is 11.5 Å². The maximum Gasteiger partial charge on any atom is 0.374 e. The summed E-state index contributed by atoms with van der Waals surface area (Å²) in [4.78, 5) is 51.7. The maximum atomic E-state index is 13.3. The Labute approximate surface area is 242 Å². The van der Waals surface area contributed by atoms with Gasteiger partial charge in [-0.15, -0.1) is 0 Å². The summed E-state index contributed by atoms with van der Waals surface area (Å²) in [5, 5.41) is 12.4. The highest BCUT2D eigenvalue weighted by molar-refractivity contribution is 5.87. The molecule has 1 saturated heterocycles. The lowest BCUT2D eigenvalue weighted by molar-refractivity contribution is -0.343. The number of aliphatic hydroxyl groups is 1. The Morgan fingerprint density at radius 2 is 1.50 bits per heavy atom. The minimum Gasteiger partial charge on any atom is -0.458 e. The van der Waals surface area contributed by atoms with Gasteiger partial charge in [0.15, 0.2) is 6.10 Å². The minimum atomic E-state index is -1.87. The number of carbonyl (C=O) groups excluding carboxylic acids is 4. The summed E-state index contributed by atoms with van der Waals surface area (Å²) in [6, 6.07) is 5.97. The number of rotatable bonds is 7. The van der Waals surface area contributed by atoms with Gasteiger partial charge < -0.3 is 37.6 Å². The molecule has 2 aromatic rings. The summed E-state index contributed by atoms with van der Waals surface area (Å²) in [5.74, 6) is -3.58. The Morgan fingerprint density at radius 1 is 0.905 bits per heavy atom. The van der Waals surface area contributed by atoms with Gasteiger partial charge >= 0.3 is 23.9 Å². The molecular weight excluding hydrogens is 552 g/mol. The van der Waals surface area contributed by atoms with E-state index in [0.717, 1.165) is 0 Å². The molecule has 12 nitrogen and oxygen atoms in total. The molecule has 0 unspecified atom stereocenters. The van der Waals surface area contributed by atoms with Crippen molar-refractivity contribution in [2.24, 2.45) is 11.3 Å². The van der Waals surface area contributed by atoms with Crippen LogP contribution in [0.1, 0.15) is 81.9 Å². The van der Waals surface area contributed by atoms with Crippen molar-refractivity contribution in [2.45, 2.75) is 102 Å². The lowest BCUT2D eigenvalue weighted by Crippen LogP contribution is -2.81. The van der Waals surface area contributed by atoms with E-state index in [1.807, 2.05) is 0 Å². The van der Waals surface area contributed by atoms with Crippen LogP contribution in [0.5, 0.6) is 0 Å². The summed E-state index contributed by atoms with van der Waals surface area (Å²) in [6.45, 7) is 9.51. The van der Waals surface area contributed by atoms with E-state index >= 15 is 0 Å². The number of ether oxygens (including phenoxy) is 5. The Bertz CT molecular complexity index is 1340. The van der Waals surface area contributed by atoms with Gasteiger partial charge in [0, 0.05) is 25.7 Å². The summed E-state index contributed by atoms with van der Waals surface area (Å²) in [7, 11) is 0. The molecule has 2 aromatic heterocycles. The highest BCUT2D eigenvalue weighted by Crippen LogP contribution is 2.69. The average molecular weight is 589 g/mol. The molecule has 2 bridgehead atoms. The molecule has 42 heavy (non-hydrogen) atoms. The van der Waals surface area contributed by atoms with Gasteiger partial charge in [0.25, 0.3) is 0 Å². The van der Waals surface area contributed by atoms with Crippen molar-refractivity contribution in [2.75, 3.05) is 0 Å². The fourth-order valence-corrected chi connectivity index (χ4v) is 7.38. The number of fused-ring (bicyclic) bond motifs is 1. The van der Waals surface area contributed by atoms with E-state index in [2.05, 4.69) is 0 Å². The van der Waals surface area contributed by atoms with Gasteiger partial charge in [-0.05, 0) is 58.4 Å². The molecule has 0 radical (unpaired) electrons. The molecule has 3 aliphatic rings. The van der Waals surface area contributed by atoms with Crippen LogP contribution >= 0.6 is 0 Å². The van der Waals surface area contributed by atoms with E-state index in [-0.39, 0.29) is 30.8 Å². The van der Waals surface area contributed by atoms with Crippen molar-refractivity contribution in [1.82, 2.24) is 0 Å². The first-order valence-corrected chi connectivity index (χ1v) is 14.0. The van der Waals surface area contributed by atoms with Crippen LogP contribution in [-0.4, -0.2) is 70.2 Å². The van der Waals surface area contributed by atoms with Crippen LogP contribution in [-0.2, 0) is 33.3 Å². The lowest BCUT2D eigenvalue weighted by atomic mass is 9.47. The standard InChI is InChI=1S/C30H36O12/c1-7-22(32)39-20-15-28(5,35)30-23(41-26(34)19-11-9-13-37-19)17(27(3,4)42-30)14-21(29(30,6)24(20)38-16(2)31)40-25(33)18-10-8-12-36-18/h8-13,17,20-21,23-24,35H,7,14-15H2,1-6H3/t17-,20+,21+,23-,24+,28+,29-,30+/m1/s1. The van der Waals surface area contributed by atoms with E-state index in [9.17, 15) is 24.3 Å². The quantitative estimate of drug-likeness (QED) is 0.370. The monoisotopic (exact) mass is 588 g/mol. The zero-order valence-corrected chi connectivity index (χ0v) is 24.4. The zero-order chi connectivity index (χ0) is 30.7. The summed E-state index contributed by atoms with van der Waals surface area (Å²) in [5.41, 5.74) is -6.34. The number of esters is 4. The molecule has 12 heteroatoms. The second kappa shape index (κ2) is 10.3. The van der Waals surface area contributed by atoms with E-state index < -0.39 is 76.4 Å². The number of hydrogen-bond donors (Lipinski definition) is 1. The molecule has 2 aliphatic carbocycles. The van der Waals surface area contributed by atoms with Crippen LogP contribution in [0.25, 0.3) is 0 Å². The van der Waals surface area contributed by atoms with Crippen molar-refractivity contribution in [3.05, 3.63) is 48.3 Å². The molecule has 3 fully saturated rings. The molecule has 0 aromatic carbocycles. The fraction of sp³-hybridized carbons (Fsp3) is 0.600. The van der Waals surface area contributed by atoms with Crippen molar-refractivity contribution >= 4 is 23.9 Å². The number of furan rings is 2. The molecule has 1 aliphatic heterocycles. The minimum absolute atomic E-state index is 0.0270. The average Bonchev–Trinajstić information content (AvgIpc) is 3.66. The molecule has 8 atom stereocenters. The lowest BCUT2D eigenvalue weighted by Gasteiger charge is -2.65. The van der Waals surface area contributed by atoms with Gasteiger partial charge in [-0.25, -0.2) is 9.59 Å². The Kier molecular flexibility index (Phi) is 7.29. The van der Waals surface area contributed by atoms with Crippen molar-refractivity contribution in [1.29, 1.82) is 0 Å². The van der Waals surface area contributed by atoms with E-state index in [4.69, 9.17) is 32.5 Å². The molecule has 0 amide bonds. The normalized spacial score (nSPS) is 36.4. The topological polar surface area (TPSA) is 161 Å². The molecule has 5 rings (SSSR count). The van der Waals surface area contributed by atoms with Gasteiger partial charge in [0.05, 0.1) is 29.1 Å². The Morgan fingerprint density at radius 3 is 2.02 bits per heavy atom. The molecular formula is C30H36O12. The fourth-order valence-electron chi connectivity index (χ4n) is 7.38. The Hall–Kier alpha value is -3.64. The van der Waals surface area contributed by atoms with E-state index in [0.29, 0.717) is 0 Å². The second-order valence-electron chi connectivity index (χ2n) is 12.1. The summed E-state index contributed by atoms with van der Waals surface area (Å²) in [6.07, 6.45) is -2.10. The molecule has 1 N–H and O–H groups in total. The maximum absolute atomic E-state index is 13.3. The predicted octanol–water partition coefficient (Wildman–Crippen LogP) is 3.61. The van der Waals surface area contributed by atoms with Gasteiger partial charge in [0.1, 0.15) is 23.9 Å². The van der Waals surface area contributed by atoms with Crippen LogP contribution < -0.4 is 0 Å². The van der Waals surface area contributed by atoms with E-state index in [1.54, 1.807) is 33.8 Å². The molecule has 3 heterocycles. The van der Waals surface area contributed by atoms with Crippen molar-refractivity contribution in [3.8, 4) is 0 Å². The third kappa shape index (κ3) is 4.43. The third-order valence-electron chi connectivity index (χ3n) is 9.14. The van der Waals surface area contributed by atoms with Crippen molar-refractivity contribution < 1.29 is 56.8 Å². The summed E-state index contributed by atoms with van der Waals surface area (Å²) < 4.78 is 41.1. The molecule has 1 spiro atoms. The SMILES string of the molecule is CCC(=O)O[C@H]1C[C@](C)(O)[C@]23OC(C)(C)[C@H](C[C@H](OC(=O)c4ccco4)[C@]2(C)[C@H]1OC(C)=O)[C@H]3OC(=O)c1ccco1. The van der Waals surface area contributed by atoms with Crippen molar-refractivity contribution in [3.63, 3.8) is 0 Å². The first-order chi connectivity index (χ1) is 19.7. The first kappa shape index (κ1) is 29.8. The predicted molar refractivity (Wildman–Crippen MR) is 141 cm³/mol. The zero-order valence-electron chi connectivity index (χ0n) is 24.4. The van der Waals surface area contributed by atoms with Gasteiger partial charge in [-0.2, -0.15) is 0 Å².